The molecule has 1 nitrogen and oxygen atoms in total. The highest BCUT2D eigenvalue weighted by molar-refractivity contribution is 4.78. The van der Waals surface area contributed by atoms with Crippen LogP contribution in [0.2, 0.25) is 0 Å². The van der Waals surface area contributed by atoms with Crippen molar-refractivity contribution in [2.75, 3.05) is 13.6 Å². The van der Waals surface area contributed by atoms with E-state index < -0.39 is 0 Å². The van der Waals surface area contributed by atoms with Crippen LogP contribution in [0, 0.1) is 11.8 Å². The van der Waals surface area contributed by atoms with Crippen molar-refractivity contribution in [3.05, 3.63) is 0 Å². The predicted molar refractivity (Wildman–Crippen MR) is 67.7 cm³/mol. The van der Waals surface area contributed by atoms with Gasteiger partial charge in [0.25, 0.3) is 0 Å². The molecule has 0 aromatic heterocycles. The first-order valence-electron chi connectivity index (χ1n) is 6.31. The Morgan fingerprint density at radius 1 is 0.857 bits per heavy atom. The van der Waals surface area contributed by atoms with Crippen molar-refractivity contribution in [2.24, 2.45) is 11.8 Å². The molecular weight excluding hydrogens is 170 g/mol. The average Bonchev–Trinajstić information content (AvgIpc) is 2.21. The third-order valence-electron chi connectivity index (χ3n) is 3.01. The van der Waals surface area contributed by atoms with Gasteiger partial charge in [-0.05, 0) is 32.2 Å². The maximum Gasteiger partial charge on any atom is 0.00666 e. The minimum Gasteiger partial charge on any atom is -0.303 e. The van der Waals surface area contributed by atoms with Crippen molar-refractivity contribution in [3.63, 3.8) is 0 Å². The zero-order chi connectivity index (χ0) is 11.7. The molecule has 0 radical (unpaired) electrons. The summed E-state index contributed by atoms with van der Waals surface area (Å²) < 4.78 is 0. The van der Waals surface area contributed by atoms with E-state index in [0.717, 1.165) is 17.9 Å². The Bertz CT molecular complexity index is 85.8. The van der Waals surface area contributed by atoms with Gasteiger partial charge in [-0.25, -0.2) is 0 Å². The smallest absolute Gasteiger partial charge is 0.00666 e. The highest BCUT2D eigenvalue weighted by Gasteiger charge is 2.25. The Balaban J connectivity index is 0. The second-order valence-corrected chi connectivity index (χ2v) is 3.98. The summed E-state index contributed by atoms with van der Waals surface area (Å²) in [7, 11) is 2.23. The van der Waals surface area contributed by atoms with Crippen LogP contribution < -0.4 is 0 Å². The van der Waals surface area contributed by atoms with E-state index >= 15 is 0 Å². The maximum atomic E-state index is 2.46. The zero-order valence-corrected chi connectivity index (χ0v) is 11.6. The molecule has 0 N–H and O–H groups in total. The SMILES string of the molecule is CC.CC.CC1CC(C)N(C)CC1C. The standard InChI is InChI=1S/C9H19N.2C2H6/c1-7-5-9(3)10(4)6-8(7)2;2*1-2/h7-9H,5-6H2,1-4H3;2*1-2H3. The van der Waals surface area contributed by atoms with Gasteiger partial charge in [0.05, 0.1) is 0 Å². The Kier molecular flexibility index (Phi) is 11.1. The van der Waals surface area contributed by atoms with Gasteiger partial charge in [-0.1, -0.05) is 41.5 Å². The average molecular weight is 201 g/mol. The molecule has 1 rings (SSSR count). The molecule has 1 aliphatic rings. The molecule has 3 unspecified atom stereocenters. The van der Waals surface area contributed by atoms with Crippen molar-refractivity contribution in [1.82, 2.24) is 4.90 Å². The lowest BCUT2D eigenvalue weighted by molar-refractivity contribution is 0.112. The number of hydrogen-bond donors (Lipinski definition) is 0. The van der Waals surface area contributed by atoms with Crippen LogP contribution in [0.4, 0.5) is 0 Å². The van der Waals surface area contributed by atoms with Gasteiger partial charge in [-0.2, -0.15) is 0 Å². The van der Waals surface area contributed by atoms with Crippen LogP contribution in [0.25, 0.3) is 0 Å². The number of likely N-dealkylation sites (tertiary alicyclic amines) is 1. The quantitative estimate of drug-likeness (QED) is 0.572. The summed E-state index contributed by atoms with van der Waals surface area (Å²) in [5.41, 5.74) is 0. The topological polar surface area (TPSA) is 3.24 Å². The van der Waals surface area contributed by atoms with Crippen LogP contribution in [-0.4, -0.2) is 24.5 Å². The van der Waals surface area contributed by atoms with Crippen LogP contribution in [0.3, 0.4) is 0 Å². The van der Waals surface area contributed by atoms with Crippen molar-refractivity contribution >= 4 is 0 Å². The van der Waals surface area contributed by atoms with Gasteiger partial charge in [0.1, 0.15) is 0 Å². The molecule has 1 heterocycles. The van der Waals surface area contributed by atoms with E-state index in [0.29, 0.717) is 0 Å². The van der Waals surface area contributed by atoms with Crippen LogP contribution in [-0.2, 0) is 0 Å². The van der Waals surface area contributed by atoms with Crippen molar-refractivity contribution < 1.29 is 0 Å². The molecular formula is C13H31N. The van der Waals surface area contributed by atoms with Gasteiger partial charge in [0, 0.05) is 12.6 Å². The molecule has 14 heavy (non-hydrogen) atoms. The highest BCUT2D eigenvalue weighted by Crippen LogP contribution is 2.25. The molecule has 0 saturated carbocycles. The summed E-state index contributed by atoms with van der Waals surface area (Å²) in [5.74, 6) is 1.81. The molecule has 0 aliphatic carbocycles. The summed E-state index contributed by atoms with van der Waals surface area (Å²) in [6.07, 6.45) is 1.37. The minimum atomic E-state index is 0.797. The minimum absolute atomic E-state index is 0.797. The Morgan fingerprint density at radius 2 is 1.29 bits per heavy atom. The molecule has 3 atom stereocenters. The maximum absolute atomic E-state index is 2.46. The summed E-state index contributed by atoms with van der Waals surface area (Å²) >= 11 is 0. The first-order chi connectivity index (χ1) is 6.61. The normalized spacial score (nSPS) is 32.1. The molecule has 0 aromatic carbocycles. The predicted octanol–water partition coefficient (Wildman–Crippen LogP) is 4.04. The van der Waals surface area contributed by atoms with Gasteiger partial charge in [0.2, 0.25) is 0 Å². The Morgan fingerprint density at radius 3 is 1.64 bits per heavy atom. The van der Waals surface area contributed by atoms with Crippen LogP contribution in [0.15, 0.2) is 0 Å². The first kappa shape index (κ1) is 16.4. The van der Waals surface area contributed by atoms with Crippen LogP contribution >= 0.6 is 0 Å². The zero-order valence-electron chi connectivity index (χ0n) is 11.6. The lowest BCUT2D eigenvalue weighted by Crippen LogP contribution is -2.41. The largest absolute Gasteiger partial charge is 0.303 e. The second kappa shape index (κ2) is 9.51. The fourth-order valence-corrected chi connectivity index (χ4v) is 1.76. The second-order valence-electron chi connectivity index (χ2n) is 3.98. The summed E-state index contributed by atoms with van der Waals surface area (Å²) in [6, 6.07) is 0.797. The molecule has 1 saturated heterocycles. The van der Waals surface area contributed by atoms with E-state index in [1.165, 1.54) is 13.0 Å². The third-order valence-corrected chi connectivity index (χ3v) is 3.01. The Labute approximate surface area is 91.9 Å². The van der Waals surface area contributed by atoms with Crippen molar-refractivity contribution in [3.8, 4) is 0 Å². The van der Waals surface area contributed by atoms with Crippen LogP contribution in [0.1, 0.15) is 54.9 Å². The van der Waals surface area contributed by atoms with E-state index in [1.807, 2.05) is 27.7 Å². The van der Waals surface area contributed by atoms with Crippen LogP contribution in [0.5, 0.6) is 0 Å². The van der Waals surface area contributed by atoms with Crippen molar-refractivity contribution in [2.45, 2.75) is 60.9 Å². The molecule has 88 valence electrons. The van der Waals surface area contributed by atoms with E-state index in [9.17, 15) is 0 Å². The summed E-state index contributed by atoms with van der Waals surface area (Å²) in [6.45, 7) is 16.3. The van der Waals surface area contributed by atoms with Gasteiger partial charge in [-0.15, -0.1) is 0 Å². The molecule has 1 aliphatic heterocycles. The molecule has 1 heteroatoms. The molecule has 1 fully saturated rings. The lowest BCUT2D eigenvalue weighted by Gasteiger charge is -2.38. The molecule has 0 aromatic rings. The fourth-order valence-electron chi connectivity index (χ4n) is 1.76. The number of rotatable bonds is 0. The van der Waals surface area contributed by atoms with Gasteiger partial charge < -0.3 is 4.90 Å². The molecule has 0 bridgehead atoms. The van der Waals surface area contributed by atoms with Gasteiger partial charge >= 0.3 is 0 Å². The van der Waals surface area contributed by atoms with E-state index in [2.05, 4.69) is 32.7 Å². The summed E-state index contributed by atoms with van der Waals surface area (Å²) in [5, 5.41) is 0. The van der Waals surface area contributed by atoms with E-state index in [4.69, 9.17) is 0 Å². The fraction of sp³-hybridized carbons (Fsp3) is 1.00. The number of hydrogen-bond acceptors (Lipinski definition) is 1. The monoisotopic (exact) mass is 201 g/mol. The van der Waals surface area contributed by atoms with E-state index in [1.54, 1.807) is 0 Å². The molecule has 0 spiro atoms. The first-order valence-corrected chi connectivity index (χ1v) is 6.31. The third kappa shape index (κ3) is 5.64. The number of piperidine rings is 1. The summed E-state index contributed by atoms with van der Waals surface area (Å²) in [4.78, 5) is 2.46. The van der Waals surface area contributed by atoms with Gasteiger partial charge in [0.15, 0.2) is 0 Å². The number of nitrogens with zero attached hydrogens (tertiary/aromatic N) is 1. The van der Waals surface area contributed by atoms with Gasteiger partial charge in [-0.3, -0.25) is 0 Å². The van der Waals surface area contributed by atoms with E-state index in [-0.39, 0.29) is 0 Å². The molecule has 0 amide bonds. The highest BCUT2D eigenvalue weighted by atomic mass is 15.1. The van der Waals surface area contributed by atoms with Crippen molar-refractivity contribution in [1.29, 1.82) is 0 Å². The lowest BCUT2D eigenvalue weighted by atomic mass is 9.85. The Hall–Kier alpha value is -0.0400.